The van der Waals surface area contributed by atoms with Gasteiger partial charge in [0.2, 0.25) is 5.91 Å². The molecule has 1 amide bonds. The lowest BCUT2D eigenvalue weighted by Gasteiger charge is -2.26. The summed E-state index contributed by atoms with van der Waals surface area (Å²) in [5, 5.41) is 18.4. The van der Waals surface area contributed by atoms with Crippen molar-refractivity contribution in [2.45, 2.75) is 46.0 Å². The first kappa shape index (κ1) is 17.0. The van der Waals surface area contributed by atoms with E-state index in [9.17, 15) is 14.7 Å². The van der Waals surface area contributed by atoms with Crippen molar-refractivity contribution in [3.63, 3.8) is 0 Å². The topological polar surface area (TPSA) is 77.8 Å². The highest BCUT2D eigenvalue weighted by atomic mass is 16.4. The highest BCUT2D eigenvalue weighted by Gasteiger charge is 2.43. The number of carboxylic acid groups (broad SMARTS) is 1. The number of aliphatic hydroxyl groups is 1. The standard InChI is InChI=1S/C15H27NO4/c1-3-5-6-16(7-8-17)14(18)12-9-11(4-2)10-13(12)15(19)20/h11-13,17H,3-10H2,1-2H3,(H,19,20)/t11?,12-,13+/m0/s1. The van der Waals surface area contributed by atoms with Crippen molar-refractivity contribution in [2.75, 3.05) is 19.7 Å². The van der Waals surface area contributed by atoms with Crippen LogP contribution < -0.4 is 0 Å². The van der Waals surface area contributed by atoms with Gasteiger partial charge in [-0.3, -0.25) is 9.59 Å². The predicted molar refractivity (Wildman–Crippen MR) is 76.2 cm³/mol. The lowest BCUT2D eigenvalue weighted by Crippen LogP contribution is -2.41. The molecule has 0 saturated heterocycles. The zero-order valence-electron chi connectivity index (χ0n) is 12.5. The zero-order chi connectivity index (χ0) is 15.1. The molecule has 1 rings (SSSR count). The lowest BCUT2D eigenvalue weighted by atomic mass is 9.94. The van der Waals surface area contributed by atoms with E-state index in [1.54, 1.807) is 4.90 Å². The quantitative estimate of drug-likeness (QED) is 0.712. The number of aliphatic carboxylic acids is 1. The van der Waals surface area contributed by atoms with Gasteiger partial charge in [0.1, 0.15) is 0 Å². The van der Waals surface area contributed by atoms with E-state index < -0.39 is 17.8 Å². The van der Waals surface area contributed by atoms with Crippen LogP contribution in [0.3, 0.4) is 0 Å². The number of hydrogen-bond donors (Lipinski definition) is 2. The first-order chi connectivity index (χ1) is 9.54. The van der Waals surface area contributed by atoms with Crippen molar-refractivity contribution in [3.8, 4) is 0 Å². The average molecular weight is 285 g/mol. The first-order valence-corrected chi connectivity index (χ1v) is 7.67. The monoisotopic (exact) mass is 285 g/mol. The first-order valence-electron chi connectivity index (χ1n) is 7.67. The van der Waals surface area contributed by atoms with Gasteiger partial charge in [0.15, 0.2) is 0 Å². The number of aliphatic hydroxyl groups excluding tert-OH is 1. The van der Waals surface area contributed by atoms with Gasteiger partial charge >= 0.3 is 5.97 Å². The van der Waals surface area contributed by atoms with Crippen molar-refractivity contribution >= 4 is 11.9 Å². The Kier molecular flexibility index (Phi) is 6.99. The van der Waals surface area contributed by atoms with Gasteiger partial charge in [-0.2, -0.15) is 0 Å². The van der Waals surface area contributed by atoms with Crippen LogP contribution in [0, 0.1) is 17.8 Å². The van der Waals surface area contributed by atoms with Gasteiger partial charge in [-0.05, 0) is 25.2 Å². The molecule has 0 heterocycles. The second-order valence-corrected chi connectivity index (χ2v) is 5.70. The molecule has 0 aliphatic heterocycles. The molecule has 3 atom stereocenters. The van der Waals surface area contributed by atoms with Gasteiger partial charge in [0.25, 0.3) is 0 Å². The fourth-order valence-electron chi connectivity index (χ4n) is 3.06. The largest absolute Gasteiger partial charge is 0.481 e. The molecule has 0 aromatic carbocycles. The van der Waals surface area contributed by atoms with E-state index in [1.165, 1.54) is 0 Å². The Morgan fingerprint density at radius 1 is 1.15 bits per heavy atom. The van der Waals surface area contributed by atoms with Crippen molar-refractivity contribution in [2.24, 2.45) is 17.8 Å². The summed E-state index contributed by atoms with van der Waals surface area (Å²) in [5.41, 5.74) is 0. The van der Waals surface area contributed by atoms with E-state index >= 15 is 0 Å². The van der Waals surface area contributed by atoms with Crippen LogP contribution >= 0.6 is 0 Å². The molecule has 1 aliphatic rings. The smallest absolute Gasteiger partial charge is 0.307 e. The number of carbonyl (C=O) groups excluding carboxylic acids is 1. The third-order valence-corrected chi connectivity index (χ3v) is 4.34. The highest BCUT2D eigenvalue weighted by Crippen LogP contribution is 2.39. The molecule has 116 valence electrons. The SMILES string of the molecule is CCCCN(CCO)C(=O)[C@H]1CC(CC)C[C@H]1C(=O)O. The number of amides is 1. The zero-order valence-corrected chi connectivity index (χ0v) is 12.5. The molecule has 1 aliphatic carbocycles. The number of hydrogen-bond acceptors (Lipinski definition) is 3. The minimum absolute atomic E-state index is 0.0723. The summed E-state index contributed by atoms with van der Waals surface area (Å²) >= 11 is 0. The molecule has 5 nitrogen and oxygen atoms in total. The van der Waals surface area contributed by atoms with Crippen LogP contribution in [0.1, 0.15) is 46.0 Å². The van der Waals surface area contributed by atoms with Crippen LogP contribution in [0.25, 0.3) is 0 Å². The molecule has 1 saturated carbocycles. The summed E-state index contributed by atoms with van der Waals surface area (Å²) in [7, 11) is 0. The molecule has 0 aromatic heterocycles. The van der Waals surface area contributed by atoms with Gasteiger partial charge in [-0.1, -0.05) is 26.7 Å². The molecular weight excluding hydrogens is 258 g/mol. The summed E-state index contributed by atoms with van der Waals surface area (Å²) in [6.07, 6.45) is 4.04. The molecule has 0 radical (unpaired) electrons. The second-order valence-electron chi connectivity index (χ2n) is 5.70. The van der Waals surface area contributed by atoms with E-state index in [2.05, 4.69) is 0 Å². The van der Waals surface area contributed by atoms with E-state index in [0.717, 1.165) is 19.3 Å². The Balaban J connectivity index is 2.76. The van der Waals surface area contributed by atoms with Crippen molar-refractivity contribution in [1.82, 2.24) is 4.90 Å². The summed E-state index contributed by atoms with van der Waals surface area (Å²) < 4.78 is 0. The van der Waals surface area contributed by atoms with E-state index in [0.29, 0.717) is 31.8 Å². The summed E-state index contributed by atoms with van der Waals surface area (Å²) in [5.74, 6) is -1.60. The molecular formula is C15H27NO4. The van der Waals surface area contributed by atoms with E-state index in [4.69, 9.17) is 5.11 Å². The normalized spacial score (nSPS) is 25.6. The molecule has 0 bridgehead atoms. The number of carbonyl (C=O) groups is 2. The Labute approximate surface area is 121 Å². The van der Waals surface area contributed by atoms with Crippen molar-refractivity contribution in [1.29, 1.82) is 0 Å². The molecule has 1 fully saturated rings. The maximum Gasteiger partial charge on any atom is 0.307 e. The van der Waals surface area contributed by atoms with Gasteiger partial charge in [-0.25, -0.2) is 0 Å². The third-order valence-electron chi connectivity index (χ3n) is 4.34. The lowest BCUT2D eigenvalue weighted by molar-refractivity contribution is -0.149. The van der Waals surface area contributed by atoms with Gasteiger partial charge in [0, 0.05) is 13.1 Å². The fourth-order valence-corrected chi connectivity index (χ4v) is 3.06. The maximum atomic E-state index is 12.6. The molecule has 0 aromatic rings. The van der Waals surface area contributed by atoms with Crippen LogP contribution in [-0.4, -0.2) is 46.7 Å². The fraction of sp³-hybridized carbons (Fsp3) is 0.867. The van der Waals surface area contributed by atoms with E-state index in [-0.39, 0.29) is 12.5 Å². The minimum Gasteiger partial charge on any atom is -0.481 e. The maximum absolute atomic E-state index is 12.6. The van der Waals surface area contributed by atoms with Gasteiger partial charge in [-0.15, -0.1) is 0 Å². The van der Waals surface area contributed by atoms with Crippen LogP contribution in [0.4, 0.5) is 0 Å². The molecule has 2 N–H and O–H groups in total. The van der Waals surface area contributed by atoms with Gasteiger partial charge in [0.05, 0.1) is 18.4 Å². The summed E-state index contributed by atoms with van der Waals surface area (Å²) in [6.45, 7) is 4.93. The Morgan fingerprint density at radius 3 is 2.30 bits per heavy atom. The predicted octanol–water partition coefficient (Wildman–Crippen LogP) is 1.74. The summed E-state index contributed by atoms with van der Waals surface area (Å²) in [6, 6.07) is 0. The average Bonchev–Trinajstić information content (AvgIpc) is 2.87. The third kappa shape index (κ3) is 4.20. The van der Waals surface area contributed by atoms with Crippen LogP contribution in [0.5, 0.6) is 0 Å². The summed E-state index contributed by atoms with van der Waals surface area (Å²) in [4.78, 5) is 25.6. The van der Waals surface area contributed by atoms with E-state index in [1.807, 2.05) is 13.8 Å². The van der Waals surface area contributed by atoms with Gasteiger partial charge < -0.3 is 15.1 Å². The molecule has 5 heteroatoms. The Bertz CT molecular complexity index is 332. The minimum atomic E-state index is -0.862. The Hall–Kier alpha value is -1.10. The van der Waals surface area contributed by atoms with Crippen molar-refractivity contribution < 1.29 is 19.8 Å². The number of rotatable bonds is 8. The molecule has 1 unspecified atom stereocenters. The van der Waals surface area contributed by atoms with Crippen LogP contribution in [0.15, 0.2) is 0 Å². The number of carboxylic acids is 1. The second kappa shape index (κ2) is 8.25. The van der Waals surface area contributed by atoms with Crippen molar-refractivity contribution in [3.05, 3.63) is 0 Å². The molecule has 0 spiro atoms. The van der Waals surface area contributed by atoms with Crippen LogP contribution in [-0.2, 0) is 9.59 Å². The number of nitrogens with zero attached hydrogens (tertiary/aromatic N) is 1. The molecule has 20 heavy (non-hydrogen) atoms. The number of unbranched alkanes of at least 4 members (excludes halogenated alkanes) is 1. The van der Waals surface area contributed by atoms with Crippen LogP contribution in [0.2, 0.25) is 0 Å². The highest BCUT2D eigenvalue weighted by molar-refractivity contribution is 5.85. The Morgan fingerprint density at radius 2 is 1.80 bits per heavy atom.